The van der Waals surface area contributed by atoms with E-state index in [0.29, 0.717) is 11.1 Å². The van der Waals surface area contributed by atoms with E-state index in [-0.39, 0.29) is 22.8 Å². The van der Waals surface area contributed by atoms with Crippen molar-refractivity contribution in [1.82, 2.24) is 4.90 Å². The Morgan fingerprint density at radius 2 is 1.81 bits per heavy atom. The van der Waals surface area contributed by atoms with Crippen molar-refractivity contribution in [2.24, 2.45) is 0 Å². The molecule has 6 nitrogen and oxygen atoms in total. The van der Waals surface area contributed by atoms with Crippen LogP contribution in [0.1, 0.15) is 17.2 Å². The van der Waals surface area contributed by atoms with Gasteiger partial charge >= 0.3 is 0 Å². The summed E-state index contributed by atoms with van der Waals surface area (Å²) in [5.41, 5.74) is 0.961. The second kappa shape index (κ2) is 6.84. The van der Waals surface area contributed by atoms with E-state index in [1.54, 1.807) is 30.3 Å². The summed E-state index contributed by atoms with van der Waals surface area (Å²) in [5.74, 6) is -1.56. The number of phenols is 1. The van der Waals surface area contributed by atoms with Crippen LogP contribution in [0.15, 0.2) is 52.5 Å². The Hall–Kier alpha value is -2.80. The summed E-state index contributed by atoms with van der Waals surface area (Å²) in [4.78, 5) is 26.0. The smallest absolute Gasteiger partial charge is 0.295 e. The molecule has 7 heteroatoms. The van der Waals surface area contributed by atoms with Crippen molar-refractivity contribution in [1.29, 1.82) is 0 Å². The second-order valence-electron chi connectivity index (χ2n) is 5.85. The van der Waals surface area contributed by atoms with Gasteiger partial charge < -0.3 is 19.8 Å². The summed E-state index contributed by atoms with van der Waals surface area (Å²) in [6.45, 7) is 0. The molecule has 134 valence electrons. The molecule has 0 radical (unpaired) electrons. The summed E-state index contributed by atoms with van der Waals surface area (Å²) in [6, 6.07) is 10.5. The number of halogens is 1. The second-order valence-corrected chi connectivity index (χ2v) is 6.76. The van der Waals surface area contributed by atoms with Crippen LogP contribution < -0.4 is 4.74 Å². The molecule has 1 atom stereocenters. The molecule has 0 bridgehead atoms. The van der Waals surface area contributed by atoms with Crippen molar-refractivity contribution in [3.63, 3.8) is 0 Å². The number of aliphatic hydroxyl groups excluding tert-OH is 1. The Morgan fingerprint density at radius 3 is 2.42 bits per heavy atom. The minimum absolute atomic E-state index is 0.00688. The fourth-order valence-electron chi connectivity index (χ4n) is 2.97. The number of carbonyl (C=O) groups is 2. The highest BCUT2D eigenvalue weighted by Crippen LogP contribution is 2.40. The van der Waals surface area contributed by atoms with Gasteiger partial charge in [0.2, 0.25) is 0 Å². The average Bonchev–Trinajstić information content (AvgIpc) is 2.86. The van der Waals surface area contributed by atoms with E-state index in [4.69, 9.17) is 4.74 Å². The number of hydrogen-bond donors (Lipinski definition) is 2. The third-order valence-electron chi connectivity index (χ3n) is 4.31. The van der Waals surface area contributed by atoms with Crippen molar-refractivity contribution >= 4 is 33.4 Å². The van der Waals surface area contributed by atoms with E-state index < -0.39 is 17.7 Å². The summed E-state index contributed by atoms with van der Waals surface area (Å²) in [7, 11) is 2.90. The molecular formula is C19H16BrNO5. The number of ketones is 1. The first-order valence-corrected chi connectivity index (χ1v) is 8.52. The summed E-state index contributed by atoms with van der Waals surface area (Å²) in [5, 5.41) is 20.5. The fourth-order valence-corrected chi connectivity index (χ4v) is 3.23. The molecule has 2 aromatic rings. The SMILES string of the molecule is COc1cc(C2/C(=C(/O)c3ccc(Br)cc3)C(=O)C(=O)N2C)ccc1O. The molecule has 0 aromatic heterocycles. The van der Waals surface area contributed by atoms with E-state index in [9.17, 15) is 19.8 Å². The number of ether oxygens (including phenoxy) is 1. The van der Waals surface area contributed by atoms with Gasteiger partial charge in [-0.2, -0.15) is 0 Å². The number of methoxy groups -OCH3 is 1. The van der Waals surface area contributed by atoms with Crippen LogP contribution in [0.25, 0.3) is 5.76 Å². The van der Waals surface area contributed by atoms with E-state index in [0.717, 1.165) is 4.47 Å². The van der Waals surface area contributed by atoms with Crippen molar-refractivity contribution in [3.8, 4) is 11.5 Å². The Kier molecular flexibility index (Phi) is 4.73. The number of amides is 1. The van der Waals surface area contributed by atoms with Gasteiger partial charge in [0, 0.05) is 17.1 Å². The molecule has 1 aliphatic heterocycles. The first-order chi connectivity index (χ1) is 12.3. The number of nitrogens with zero attached hydrogens (tertiary/aromatic N) is 1. The first kappa shape index (κ1) is 18.0. The fraction of sp³-hybridized carbons (Fsp3) is 0.158. The molecule has 0 aliphatic carbocycles. The number of Topliss-reactive ketones (excluding diaryl/α,β-unsaturated/α-hetero) is 1. The van der Waals surface area contributed by atoms with Crippen LogP contribution in [0.3, 0.4) is 0 Å². The van der Waals surface area contributed by atoms with Crippen molar-refractivity contribution in [2.75, 3.05) is 14.2 Å². The van der Waals surface area contributed by atoms with Gasteiger partial charge in [0.05, 0.1) is 18.7 Å². The lowest BCUT2D eigenvalue weighted by Gasteiger charge is -2.21. The number of aliphatic hydroxyl groups is 1. The standard InChI is InChI=1S/C19H16BrNO5/c1-21-16(11-5-8-13(22)14(9-11)26-2)15(18(24)19(21)25)17(23)10-3-6-12(20)7-4-10/h3-9,16,22-23H,1-2H3/b17-15-. The van der Waals surface area contributed by atoms with E-state index in [1.165, 1.54) is 31.2 Å². The average molecular weight is 418 g/mol. The number of carbonyl (C=O) groups excluding carboxylic acids is 2. The molecule has 26 heavy (non-hydrogen) atoms. The van der Waals surface area contributed by atoms with Crippen LogP contribution >= 0.6 is 15.9 Å². The van der Waals surface area contributed by atoms with Crippen LogP contribution in [0.4, 0.5) is 0 Å². The summed E-state index contributed by atoms with van der Waals surface area (Å²) in [6.07, 6.45) is 0. The van der Waals surface area contributed by atoms with Gasteiger partial charge in [0.25, 0.3) is 11.7 Å². The molecule has 1 aliphatic rings. The lowest BCUT2D eigenvalue weighted by molar-refractivity contribution is -0.139. The van der Waals surface area contributed by atoms with Crippen LogP contribution in [0.2, 0.25) is 0 Å². The minimum Gasteiger partial charge on any atom is -0.507 e. The highest BCUT2D eigenvalue weighted by Gasteiger charge is 2.44. The lowest BCUT2D eigenvalue weighted by Crippen LogP contribution is -2.24. The largest absolute Gasteiger partial charge is 0.507 e. The lowest BCUT2D eigenvalue weighted by atomic mass is 9.95. The van der Waals surface area contributed by atoms with Gasteiger partial charge in [-0.25, -0.2) is 0 Å². The topological polar surface area (TPSA) is 87.1 Å². The number of phenolic OH excluding ortho intramolecular Hbond substituents is 1. The number of likely N-dealkylation sites (tertiary alicyclic amines) is 1. The number of hydrogen-bond acceptors (Lipinski definition) is 5. The maximum atomic E-state index is 12.5. The predicted molar refractivity (Wildman–Crippen MR) is 98.9 cm³/mol. The number of likely N-dealkylation sites (N-methyl/N-ethyl adjacent to an activating group) is 1. The molecule has 1 unspecified atom stereocenters. The van der Waals surface area contributed by atoms with Gasteiger partial charge in [0.15, 0.2) is 11.5 Å². The Balaban J connectivity index is 2.18. The zero-order valence-electron chi connectivity index (χ0n) is 14.1. The van der Waals surface area contributed by atoms with E-state index in [2.05, 4.69) is 15.9 Å². The summed E-state index contributed by atoms with van der Waals surface area (Å²) < 4.78 is 5.93. The van der Waals surface area contributed by atoms with Crippen molar-refractivity contribution < 1.29 is 24.5 Å². The van der Waals surface area contributed by atoms with Gasteiger partial charge in [0.1, 0.15) is 5.76 Å². The monoisotopic (exact) mass is 417 g/mol. The third kappa shape index (κ3) is 2.94. The number of benzene rings is 2. The molecule has 3 rings (SSSR count). The molecule has 2 N–H and O–H groups in total. The minimum atomic E-state index is -0.784. The normalized spacial score (nSPS) is 19.0. The van der Waals surface area contributed by atoms with E-state index >= 15 is 0 Å². The highest BCUT2D eigenvalue weighted by atomic mass is 79.9. The molecule has 1 fully saturated rings. The highest BCUT2D eigenvalue weighted by molar-refractivity contribution is 9.10. The Morgan fingerprint density at radius 1 is 1.15 bits per heavy atom. The van der Waals surface area contributed by atoms with Crippen LogP contribution in [-0.4, -0.2) is 41.0 Å². The first-order valence-electron chi connectivity index (χ1n) is 7.72. The number of aromatic hydroxyl groups is 1. The zero-order chi connectivity index (χ0) is 19.0. The molecule has 0 spiro atoms. The Labute approximate surface area is 158 Å². The van der Waals surface area contributed by atoms with Crippen molar-refractivity contribution in [2.45, 2.75) is 6.04 Å². The van der Waals surface area contributed by atoms with Crippen LogP contribution in [0, 0.1) is 0 Å². The Bertz CT molecular complexity index is 920. The molecule has 0 saturated carbocycles. The number of rotatable bonds is 3. The summed E-state index contributed by atoms with van der Waals surface area (Å²) >= 11 is 3.32. The van der Waals surface area contributed by atoms with E-state index in [1.807, 2.05) is 0 Å². The van der Waals surface area contributed by atoms with Gasteiger partial charge in [-0.3, -0.25) is 9.59 Å². The molecule has 2 aromatic carbocycles. The van der Waals surface area contributed by atoms with Crippen LogP contribution in [0.5, 0.6) is 11.5 Å². The third-order valence-corrected chi connectivity index (χ3v) is 4.84. The van der Waals surface area contributed by atoms with Crippen molar-refractivity contribution in [3.05, 3.63) is 63.6 Å². The van der Waals surface area contributed by atoms with Gasteiger partial charge in [-0.05, 0) is 29.8 Å². The maximum Gasteiger partial charge on any atom is 0.295 e. The molecule has 1 saturated heterocycles. The molecule has 1 heterocycles. The predicted octanol–water partition coefficient (Wildman–Crippen LogP) is 3.21. The molecular weight excluding hydrogens is 402 g/mol. The quantitative estimate of drug-likeness (QED) is 0.454. The zero-order valence-corrected chi connectivity index (χ0v) is 15.6. The van der Waals surface area contributed by atoms with Crippen LogP contribution in [-0.2, 0) is 9.59 Å². The maximum absolute atomic E-state index is 12.5. The van der Waals surface area contributed by atoms with Gasteiger partial charge in [-0.1, -0.05) is 34.1 Å². The molecule has 1 amide bonds. The van der Waals surface area contributed by atoms with Gasteiger partial charge in [-0.15, -0.1) is 0 Å².